The standard InChI is InChI=1S/C22H17N5OS/c1-28-16-7-8-19-17(9-16)15(10-23-19)11-26-27-21-20-18(14-5-3-2-4-6-14)12-29-22(20)25-13-24-21/h2-13,23H,1H3,(H,24,25,27)/b26-11-. The predicted molar refractivity (Wildman–Crippen MR) is 119 cm³/mol. The third kappa shape index (κ3) is 3.21. The van der Waals surface area contributed by atoms with Gasteiger partial charge in [0.05, 0.1) is 18.7 Å². The lowest BCUT2D eigenvalue weighted by molar-refractivity contribution is 0.415. The summed E-state index contributed by atoms with van der Waals surface area (Å²) in [5, 5.41) is 8.56. The molecular formula is C22H17N5OS. The summed E-state index contributed by atoms with van der Waals surface area (Å²) < 4.78 is 5.33. The van der Waals surface area contributed by atoms with Crippen molar-refractivity contribution < 1.29 is 4.74 Å². The second-order valence-corrected chi connectivity index (χ2v) is 7.30. The van der Waals surface area contributed by atoms with Crippen molar-refractivity contribution in [1.29, 1.82) is 0 Å². The zero-order chi connectivity index (χ0) is 19.6. The number of fused-ring (bicyclic) bond motifs is 2. The second-order valence-electron chi connectivity index (χ2n) is 6.44. The van der Waals surface area contributed by atoms with Gasteiger partial charge >= 0.3 is 0 Å². The van der Waals surface area contributed by atoms with Gasteiger partial charge < -0.3 is 9.72 Å². The van der Waals surface area contributed by atoms with E-state index in [-0.39, 0.29) is 0 Å². The minimum absolute atomic E-state index is 0.684. The van der Waals surface area contributed by atoms with Crippen molar-refractivity contribution in [2.45, 2.75) is 0 Å². The Kier molecular flexibility index (Phi) is 4.42. The number of thiophene rings is 1. The molecule has 0 aliphatic carbocycles. The maximum atomic E-state index is 5.33. The van der Waals surface area contributed by atoms with Gasteiger partial charge in [0.15, 0.2) is 5.82 Å². The van der Waals surface area contributed by atoms with Crippen molar-refractivity contribution in [3.05, 3.63) is 72.0 Å². The molecule has 3 aromatic heterocycles. The summed E-state index contributed by atoms with van der Waals surface area (Å²) in [5.41, 5.74) is 7.31. The highest BCUT2D eigenvalue weighted by Crippen LogP contribution is 2.36. The van der Waals surface area contributed by atoms with Crippen LogP contribution in [0, 0.1) is 0 Å². The van der Waals surface area contributed by atoms with Gasteiger partial charge in [0.2, 0.25) is 0 Å². The van der Waals surface area contributed by atoms with Crippen LogP contribution in [0.1, 0.15) is 5.56 Å². The molecule has 0 bridgehead atoms. The molecule has 3 heterocycles. The monoisotopic (exact) mass is 399 g/mol. The molecule has 0 fully saturated rings. The van der Waals surface area contributed by atoms with Crippen LogP contribution in [-0.4, -0.2) is 28.3 Å². The van der Waals surface area contributed by atoms with E-state index >= 15 is 0 Å². The predicted octanol–water partition coefficient (Wildman–Crippen LogP) is 5.29. The van der Waals surface area contributed by atoms with E-state index in [2.05, 4.69) is 43.0 Å². The Morgan fingerprint density at radius 3 is 2.90 bits per heavy atom. The quantitative estimate of drug-likeness (QED) is 0.311. The summed E-state index contributed by atoms with van der Waals surface area (Å²) in [4.78, 5) is 13.0. The molecule has 6 nitrogen and oxygen atoms in total. The molecule has 5 aromatic rings. The molecule has 0 aliphatic heterocycles. The molecule has 0 aliphatic rings. The van der Waals surface area contributed by atoms with E-state index in [4.69, 9.17) is 4.74 Å². The zero-order valence-corrected chi connectivity index (χ0v) is 16.4. The van der Waals surface area contributed by atoms with E-state index in [1.165, 1.54) is 0 Å². The number of rotatable bonds is 5. The van der Waals surface area contributed by atoms with Crippen molar-refractivity contribution in [1.82, 2.24) is 15.0 Å². The first-order valence-corrected chi connectivity index (χ1v) is 9.93. The number of nitrogens with one attached hydrogen (secondary N) is 2. The van der Waals surface area contributed by atoms with Gasteiger partial charge in [0, 0.05) is 33.6 Å². The molecule has 0 saturated carbocycles. The summed E-state index contributed by atoms with van der Waals surface area (Å²) in [6.45, 7) is 0. The van der Waals surface area contributed by atoms with Gasteiger partial charge in [-0.1, -0.05) is 30.3 Å². The van der Waals surface area contributed by atoms with Gasteiger partial charge in [-0.15, -0.1) is 11.3 Å². The number of H-pyrrole nitrogens is 1. The average Bonchev–Trinajstić information content (AvgIpc) is 3.39. The molecule has 2 aromatic carbocycles. The Morgan fingerprint density at radius 2 is 2.03 bits per heavy atom. The Morgan fingerprint density at radius 1 is 1.14 bits per heavy atom. The first kappa shape index (κ1) is 17.4. The fraction of sp³-hybridized carbons (Fsp3) is 0.0455. The summed E-state index contributed by atoms with van der Waals surface area (Å²) in [6.07, 6.45) is 5.26. The Bertz CT molecular complexity index is 1320. The van der Waals surface area contributed by atoms with Gasteiger partial charge in [0.1, 0.15) is 16.9 Å². The maximum absolute atomic E-state index is 5.33. The van der Waals surface area contributed by atoms with Crippen LogP contribution in [0.5, 0.6) is 5.75 Å². The lowest BCUT2D eigenvalue weighted by Gasteiger charge is -2.04. The van der Waals surface area contributed by atoms with Gasteiger partial charge in [0.25, 0.3) is 0 Å². The maximum Gasteiger partial charge on any atom is 0.159 e. The number of hydrazone groups is 1. The molecule has 0 spiro atoms. The molecule has 5 rings (SSSR count). The zero-order valence-electron chi connectivity index (χ0n) is 15.6. The van der Waals surface area contributed by atoms with E-state index in [0.717, 1.165) is 43.6 Å². The minimum atomic E-state index is 0.684. The van der Waals surface area contributed by atoms with E-state index in [1.807, 2.05) is 42.6 Å². The number of aromatic nitrogens is 3. The number of methoxy groups -OCH3 is 1. The van der Waals surface area contributed by atoms with E-state index in [0.29, 0.717) is 5.82 Å². The summed E-state index contributed by atoms with van der Waals surface area (Å²) in [6, 6.07) is 16.1. The summed E-state index contributed by atoms with van der Waals surface area (Å²) >= 11 is 1.60. The SMILES string of the molecule is COc1ccc2[nH]cc(/C=N\Nc3ncnc4scc(-c5ccccc5)c34)c2c1. The average molecular weight is 399 g/mol. The first-order chi connectivity index (χ1) is 14.3. The van der Waals surface area contributed by atoms with Crippen molar-refractivity contribution in [3.63, 3.8) is 0 Å². The van der Waals surface area contributed by atoms with Gasteiger partial charge in [-0.3, -0.25) is 5.43 Å². The molecule has 0 radical (unpaired) electrons. The minimum Gasteiger partial charge on any atom is -0.497 e. The van der Waals surface area contributed by atoms with Crippen LogP contribution in [0.4, 0.5) is 5.82 Å². The third-order valence-electron chi connectivity index (χ3n) is 4.75. The van der Waals surface area contributed by atoms with Crippen LogP contribution in [-0.2, 0) is 0 Å². The molecule has 2 N–H and O–H groups in total. The fourth-order valence-corrected chi connectivity index (χ4v) is 4.22. The molecular weight excluding hydrogens is 382 g/mol. The number of aromatic amines is 1. The van der Waals surface area contributed by atoms with Gasteiger partial charge in [-0.05, 0) is 23.8 Å². The Balaban J connectivity index is 1.49. The normalized spacial score (nSPS) is 11.5. The number of ether oxygens (including phenoxy) is 1. The van der Waals surface area contributed by atoms with E-state index in [9.17, 15) is 0 Å². The van der Waals surface area contributed by atoms with Gasteiger partial charge in [-0.2, -0.15) is 5.10 Å². The molecule has 0 amide bonds. The molecule has 29 heavy (non-hydrogen) atoms. The van der Waals surface area contributed by atoms with Crippen LogP contribution in [0.25, 0.3) is 32.2 Å². The smallest absolute Gasteiger partial charge is 0.159 e. The van der Waals surface area contributed by atoms with Crippen LogP contribution in [0.3, 0.4) is 0 Å². The highest BCUT2D eigenvalue weighted by Gasteiger charge is 2.12. The summed E-state index contributed by atoms with van der Waals surface area (Å²) in [7, 11) is 1.66. The molecule has 142 valence electrons. The lowest BCUT2D eigenvalue weighted by atomic mass is 10.1. The second kappa shape index (κ2) is 7.37. The largest absolute Gasteiger partial charge is 0.497 e. The van der Waals surface area contributed by atoms with Crippen LogP contribution in [0.15, 0.2) is 71.5 Å². The molecule has 0 unspecified atom stereocenters. The molecule has 7 heteroatoms. The van der Waals surface area contributed by atoms with Crippen molar-refractivity contribution in [2.24, 2.45) is 5.10 Å². The van der Waals surface area contributed by atoms with Crippen molar-refractivity contribution in [3.8, 4) is 16.9 Å². The van der Waals surface area contributed by atoms with Crippen LogP contribution < -0.4 is 10.2 Å². The number of hydrogen-bond acceptors (Lipinski definition) is 6. The van der Waals surface area contributed by atoms with E-state index in [1.54, 1.807) is 31.0 Å². The molecule has 0 atom stereocenters. The Labute approximate surface area is 170 Å². The number of benzene rings is 2. The first-order valence-electron chi connectivity index (χ1n) is 9.05. The third-order valence-corrected chi connectivity index (χ3v) is 5.64. The lowest BCUT2D eigenvalue weighted by Crippen LogP contribution is -1.95. The Hall–Kier alpha value is -3.71. The van der Waals surface area contributed by atoms with Crippen LogP contribution in [0.2, 0.25) is 0 Å². The van der Waals surface area contributed by atoms with E-state index < -0.39 is 0 Å². The van der Waals surface area contributed by atoms with Crippen molar-refractivity contribution >= 4 is 44.5 Å². The van der Waals surface area contributed by atoms with Gasteiger partial charge in [-0.25, -0.2) is 9.97 Å². The highest BCUT2D eigenvalue weighted by atomic mass is 32.1. The van der Waals surface area contributed by atoms with Crippen LogP contribution >= 0.6 is 11.3 Å². The van der Waals surface area contributed by atoms with Crippen molar-refractivity contribution in [2.75, 3.05) is 12.5 Å². The summed E-state index contributed by atoms with van der Waals surface area (Å²) in [5.74, 6) is 1.49. The number of nitrogens with zero attached hydrogens (tertiary/aromatic N) is 3. The topological polar surface area (TPSA) is 75.2 Å². The fourth-order valence-electron chi connectivity index (χ4n) is 3.31. The number of anilines is 1. The molecule has 0 saturated heterocycles. The highest BCUT2D eigenvalue weighted by molar-refractivity contribution is 7.17. The number of hydrogen-bond donors (Lipinski definition) is 2.